The maximum atomic E-state index is 10.3. The zero-order chi connectivity index (χ0) is 15.7. The molecule has 0 aliphatic carbocycles. The van der Waals surface area contributed by atoms with Crippen molar-refractivity contribution in [3.63, 3.8) is 0 Å². The second-order valence-corrected chi connectivity index (χ2v) is 7.30. The molecule has 1 fully saturated rings. The van der Waals surface area contributed by atoms with E-state index in [-0.39, 0.29) is 12.1 Å². The Balaban J connectivity index is 1.78. The Labute approximate surface area is 139 Å². The van der Waals surface area contributed by atoms with E-state index in [4.69, 9.17) is 11.6 Å². The molecule has 0 radical (unpaired) electrons. The SMILES string of the molecule is CC(C)c1nsc(CN2CC[C@@H](O)[C@H]2c2ccc(Cl)cc2)n1. The smallest absolute Gasteiger partial charge is 0.145 e. The molecule has 1 aliphatic heterocycles. The van der Waals surface area contributed by atoms with Gasteiger partial charge in [0, 0.05) is 17.5 Å². The van der Waals surface area contributed by atoms with E-state index in [1.807, 2.05) is 24.3 Å². The fraction of sp³-hybridized carbons (Fsp3) is 0.500. The van der Waals surface area contributed by atoms with Crippen LogP contribution in [0, 0.1) is 0 Å². The highest BCUT2D eigenvalue weighted by Gasteiger charge is 2.34. The van der Waals surface area contributed by atoms with Crippen LogP contribution in [-0.4, -0.2) is 32.0 Å². The molecule has 1 aromatic carbocycles. The molecular weight excluding hydrogens is 318 g/mol. The number of aliphatic hydroxyl groups is 1. The molecule has 1 N–H and O–H groups in total. The van der Waals surface area contributed by atoms with Gasteiger partial charge in [-0.2, -0.15) is 4.37 Å². The van der Waals surface area contributed by atoms with Gasteiger partial charge in [-0.05, 0) is 35.6 Å². The van der Waals surface area contributed by atoms with Gasteiger partial charge in [-0.3, -0.25) is 4.90 Å². The van der Waals surface area contributed by atoms with E-state index in [0.717, 1.165) is 35.9 Å². The second kappa shape index (κ2) is 6.62. The summed E-state index contributed by atoms with van der Waals surface area (Å²) >= 11 is 7.42. The van der Waals surface area contributed by atoms with Gasteiger partial charge in [-0.1, -0.05) is 37.6 Å². The van der Waals surface area contributed by atoms with Crippen LogP contribution in [0.25, 0.3) is 0 Å². The van der Waals surface area contributed by atoms with Crippen LogP contribution in [0.3, 0.4) is 0 Å². The summed E-state index contributed by atoms with van der Waals surface area (Å²) in [4.78, 5) is 6.88. The lowest BCUT2D eigenvalue weighted by molar-refractivity contribution is 0.113. The van der Waals surface area contributed by atoms with E-state index in [0.29, 0.717) is 10.9 Å². The third-order valence-corrected chi connectivity index (χ3v) is 4.98. The van der Waals surface area contributed by atoms with Gasteiger partial charge in [-0.25, -0.2) is 4.98 Å². The van der Waals surface area contributed by atoms with Crippen LogP contribution >= 0.6 is 23.1 Å². The number of rotatable bonds is 4. The summed E-state index contributed by atoms with van der Waals surface area (Å²) in [6, 6.07) is 7.75. The van der Waals surface area contributed by atoms with Crippen LogP contribution in [0.5, 0.6) is 0 Å². The van der Waals surface area contributed by atoms with Gasteiger partial charge < -0.3 is 5.11 Å². The van der Waals surface area contributed by atoms with E-state index >= 15 is 0 Å². The largest absolute Gasteiger partial charge is 0.391 e. The van der Waals surface area contributed by atoms with Crippen molar-refractivity contribution in [1.82, 2.24) is 14.3 Å². The lowest BCUT2D eigenvalue weighted by atomic mass is 10.0. The molecule has 1 aromatic heterocycles. The summed E-state index contributed by atoms with van der Waals surface area (Å²) in [6.07, 6.45) is 0.432. The Bertz CT molecular complexity index is 629. The van der Waals surface area contributed by atoms with Crippen LogP contribution in [0.15, 0.2) is 24.3 Å². The van der Waals surface area contributed by atoms with Gasteiger partial charge in [0.1, 0.15) is 10.8 Å². The third kappa shape index (κ3) is 3.33. The number of hydrogen-bond acceptors (Lipinski definition) is 5. The minimum atomic E-state index is -0.348. The molecule has 4 nitrogen and oxygen atoms in total. The fourth-order valence-electron chi connectivity index (χ4n) is 2.85. The average Bonchev–Trinajstić information content (AvgIpc) is 3.08. The number of nitrogens with zero attached hydrogens (tertiary/aromatic N) is 3. The highest BCUT2D eigenvalue weighted by atomic mass is 35.5. The Morgan fingerprint density at radius 1 is 1.36 bits per heavy atom. The van der Waals surface area contributed by atoms with Crippen LogP contribution < -0.4 is 0 Å². The van der Waals surface area contributed by atoms with Crippen molar-refractivity contribution in [1.29, 1.82) is 0 Å². The Morgan fingerprint density at radius 3 is 2.73 bits per heavy atom. The molecular formula is C16H20ClN3OS. The van der Waals surface area contributed by atoms with E-state index in [2.05, 4.69) is 28.1 Å². The Morgan fingerprint density at radius 2 is 2.09 bits per heavy atom. The van der Waals surface area contributed by atoms with E-state index in [1.54, 1.807) is 0 Å². The van der Waals surface area contributed by atoms with Crippen LogP contribution in [0.2, 0.25) is 5.02 Å². The molecule has 22 heavy (non-hydrogen) atoms. The normalized spacial score (nSPS) is 22.6. The van der Waals surface area contributed by atoms with E-state index < -0.39 is 0 Å². The monoisotopic (exact) mass is 337 g/mol. The molecule has 0 amide bonds. The molecule has 2 heterocycles. The van der Waals surface area contributed by atoms with Crippen molar-refractivity contribution < 1.29 is 5.11 Å². The molecule has 0 spiro atoms. The molecule has 1 aliphatic rings. The zero-order valence-electron chi connectivity index (χ0n) is 12.7. The van der Waals surface area contributed by atoms with E-state index in [9.17, 15) is 5.11 Å². The topological polar surface area (TPSA) is 49.2 Å². The van der Waals surface area contributed by atoms with Crippen LogP contribution in [-0.2, 0) is 6.54 Å². The van der Waals surface area contributed by atoms with Gasteiger partial charge in [0.2, 0.25) is 0 Å². The number of aliphatic hydroxyl groups excluding tert-OH is 1. The number of halogens is 1. The minimum absolute atomic E-state index is 0.00340. The number of likely N-dealkylation sites (tertiary alicyclic amines) is 1. The van der Waals surface area contributed by atoms with Gasteiger partial charge >= 0.3 is 0 Å². The van der Waals surface area contributed by atoms with Gasteiger partial charge in [0.25, 0.3) is 0 Å². The fourth-order valence-corrected chi connectivity index (χ4v) is 3.78. The lowest BCUT2D eigenvalue weighted by Crippen LogP contribution is -2.27. The first-order chi connectivity index (χ1) is 10.5. The molecule has 6 heteroatoms. The quantitative estimate of drug-likeness (QED) is 0.925. The van der Waals surface area contributed by atoms with Crippen molar-refractivity contribution in [3.05, 3.63) is 45.7 Å². The molecule has 3 rings (SSSR count). The average molecular weight is 338 g/mol. The zero-order valence-corrected chi connectivity index (χ0v) is 14.3. The van der Waals surface area contributed by atoms with Gasteiger partial charge in [0.15, 0.2) is 0 Å². The summed E-state index contributed by atoms with van der Waals surface area (Å²) in [5.41, 5.74) is 1.10. The van der Waals surface area contributed by atoms with Crippen molar-refractivity contribution in [2.24, 2.45) is 0 Å². The standard InChI is InChI=1S/C16H20ClN3OS/c1-10(2)16-18-14(22-19-16)9-20-8-7-13(21)15(20)11-3-5-12(17)6-4-11/h3-6,10,13,15,21H,7-9H2,1-2H3/t13-,15-/m1/s1. The summed E-state index contributed by atoms with van der Waals surface area (Å²) in [5, 5.41) is 12.1. The van der Waals surface area contributed by atoms with Crippen molar-refractivity contribution in [2.75, 3.05) is 6.54 Å². The molecule has 118 valence electrons. The summed E-state index contributed by atoms with van der Waals surface area (Å²) in [7, 11) is 0. The summed E-state index contributed by atoms with van der Waals surface area (Å²) in [5.74, 6) is 1.25. The first kappa shape index (κ1) is 15.9. The van der Waals surface area contributed by atoms with Gasteiger partial charge in [0.05, 0.1) is 18.7 Å². The molecule has 1 saturated heterocycles. The number of hydrogen-bond donors (Lipinski definition) is 1. The maximum Gasteiger partial charge on any atom is 0.145 e. The molecule has 2 aromatic rings. The van der Waals surface area contributed by atoms with Crippen molar-refractivity contribution >= 4 is 23.1 Å². The molecule has 0 bridgehead atoms. The first-order valence-corrected chi connectivity index (χ1v) is 8.70. The first-order valence-electron chi connectivity index (χ1n) is 7.54. The van der Waals surface area contributed by atoms with Crippen molar-refractivity contribution in [3.8, 4) is 0 Å². The highest BCUT2D eigenvalue weighted by Crippen LogP contribution is 2.34. The minimum Gasteiger partial charge on any atom is -0.391 e. The van der Waals surface area contributed by atoms with Crippen LogP contribution in [0.1, 0.15) is 48.6 Å². The molecule has 0 saturated carbocycles. The predicted octanol–water partition coefficient (Wildman–Crippen LogP) is 3.62. The van der Waals surface area contributed by atoms with Crippen LogP contribution in [0.4, 0.5) is 0 Å². The second-order valence-electron chi connectivity index (χ2n) is 6.02. The third-order valence-electron chi connectivity index (χ3n) is 4.02. The maximum absolute atomic E-state index is 10.3. The summed E-state index contributed by atoms with van der Waals surface area (Å²) in [6.45, 7) is 5.80. The summed E-state index contributed by atoms with van der Waals surface area (Å²) < 4.78 is 4.41. The highest BCUT2D eigenvalue weighted by molar-refractivity contribution is 7.05. The number of aromatic nitrogens is 2. The molecule has 0 unspecified atom stereocenters. The Hall–Kier alpha value is -1.01. The predicted molar refractivity (Wildman–Crippen MR) is 89.2 cm³/mol. The van der Waals surface area contributed by atoms with E-state index in [1.165, 1.54) is 11.5 Å². The lowest BCUT2D eigenvalue weighted by Gasteiger charge is -2.25. The van der Waals surface area contributed by atoms with Crippen molar-refractivity contribution in [2.45, 2.75) is 44.9 Å². The molecule has 2 atom stereocenters. The Kier molecular flexibility index (Phi) is 4.78. The number of benzene rings is 1. The van der Waals surface area contributed by atoms with Gasteiger partial charge in [-0.15, -0.1) is 0 Å².